The van der Waals surface area contributed by atoms with Crippen molar-refractivity contribution in [2.24, 2.45) is 0 Å². The van der Waals surface area contributed by atoms with Crippen LogP contribution in [-0.4, -0.2) is 20.6 Å². The first-order valence-corrected chi connectivity index (χ1v) is 6.03. The maximum Gasteiger partial charge on any atom is 0.116 e. The Morgan fingerprint density at radius 3 is 2.42 bits per heavy atom. The summed E-state index contributed by atoms with van der Waals surface area (Å²) in [5, 5.41) is 15.0. The van der Waals surface area contributed by atoms with Gasteiger partial charge in [-0.2, -0.15) is 0 Å². The monoisotopic (exact) mass is 248 g/mol. The quantitative estimate of drug-likeness (QED) is 0.699. The summed E-state index contributed by atoms with van der Waals surface area (Å²) in [7, 11) is 0. The lowest BCUT2D eigenvalue weighted by atomic mass is 9.94. The van der Waals surface area contributed by atoms with Crippen LogP contribution in [0.4, 0.5) is 0 Å². The van der Waals surface area contributed by atoms with Crippen LogP contribution in [-0.2, 0) is 0 Å². The SMILES string of the molecule is Cc1cccc(-c2ccccc2)c1-c1cnnnn1. The Bertz CT molecular complexity index is 681. The van der Waals surface area contributed by atoms with Gasteiger partial charge in [-0.1, -0.05) is 48.5 Å². The summed E-state index contributed by atoms with van der Waals surface area (Å²) in [6, 6.07) is 16.4. The van der Waals surface area contributed by atoms with Crippen LogP contribution >= 0.6 is 0 Å². The Morgan fingerprint density at radius 1 is 0.842 bits per heavy atom. The minimum atomic E-state index is 0.743. The molecule has 0 amide bonds. The zero-order valence-electron chi connectivity index (χ0n) is 10.5. The summed E-state index contributed by atoms with van der Waals surface area (Å²) >= 11 is 0. The van der Waals surface area contributed by atoms with E-state index in [9.17, 15) is 0 Å². The average Bonchev–Trinajstić information content (AvgIpc) is 2.49. The summed E-state index contributed by atoms with van der Waals surface area (Å²) in [5.41, 5.74) is 5.22. The zero-order chi connectivity index (χ0) is 13.1. The zero-order valence-corrected chi connectivity index (χ0v) is 10.5. The van der Waals surface area contributed by atoms with Crippen LogP contribution in [0, 0.1) is 6.92 Å². The summed E-state index contributed by atoms with van der Waals surface area (Å²) in [6.45, 7) is 2.06. The van der Waals surface area contributed by atoms with Crippen molar-refractivity contribution >= 4 is 0 Å². The minimum absolute atomic E-state index is 0.743. The van der Waals surface area contributed by atoms with Crippen molar-refractivity contribution < 1.29 is 0 Å². The smallest absolute Gasteiger partial charge is 0.116 e. The van der Waals surface area contributed by atoms with Gasteiger partial charge in [-0.05, 0) is 34.0 Å². The standard InChI is InChI=1S/C15H12N4/c1-11-6-5-9-13(12-7-3-2-4-8-12)15(11)14-10-16-18-19-17-14/h2-10H,1H3. The second-order valence-corrected chi connectivity index (χ2v) is 4.27. The largest absolute Gasteiger partial charge is 0.135 e. The lowest BCUT2D eigenvalue weighted by molar-refractivity contribution is 0.766. The van der Waals surface area contributed by atoms with Crippen LogP contribution in [0.2, 0.25) is 0 Å². The molecule has 4 nitrogen and oxygen atoms in total. The molecule has 4 heteroatoms. The lowest BCUT2D eigenvalue weighted by Crippen LogP contribution is -1.96. The number of benzene rings is 2. The number of hydrogen-bond acceptors (Lipinski definition) is 4. The van der Waals surface area contributed by atoms with Gasteiger partial charge in [0.15, 0.2) is 0 Å². The molecule has 3 aromatic rings. The van der Waals surface area contributed by atoms with Gasteiger partial charge in [0.2, 0.25) is 0 Å². The molecule has 0 spiro atoms. The van der Waals surface area contributed by atoms with Crippen molar-refractivity contribution in [2.45, 2.75) is 6.92 Å². The van der Waals surface area contributed by atoms with E-state index in [1.165, 1.54) is 0 Å². The van der Waals surface area contributed by atoms with E-state index in [0.29, 0.717) is 0 Å². The molecule has 1 heterocycles. The minimum Gasteiger partial charge on any atom is -0.135 e. The molecule has 1 aromatic heterocycles. The number of hydrogen-bond donors (Lipinski definition) is 0. The Labute approximate surface area is 111 Å². The molecule has 3 rings (SSSR count). The van der Waals surface area contributed by atoms with Gasteiger partial charge in [0.05, 0.1) is 6.20 Å². The van der Waals surface area contributed by atoms with E-state index >= 15 is 0 Å². The van der Waals surface area contributed by atoms with Crippen LogP contribution in [0.3, 0.4) is 0 Å². The molecule has 0 saturated carbocycles. The molecule has 0 atom stereocenters. The van der Waals surface area contributed by atoms with Crippen molar-refractivity contribution in [3.8, 4) is 22.4 Å². The molecule has 92 valence electrons. The third kappa shape index (κ3) is 2.20. The summed E-state index contributed by atoms with van der Waals surface area (Å²) in [4.78, 5) is 0. The van der Waals surface area contributed by atoms with Crippen LogP contribution < -0.4 is 0 Å². The maximum atomic E-state index is 4.07. The fraction of sp³-hybridized carbons (Fsp3) is 0.0667. The molecule has 0 radical (unpaired) electrons. The first-order valence-electron chi connectivity index (χ1n) is 6.03. The first kappa shape index (κ1) is 11.5. The van der Waals surface area contributed by atoms with Gasteiger partial charge >= 0.3 is 0 Å². The maximum absolute atomic E-state index is 4.07. The second kappa shape index (κ2) is 4.94. The molecule has 0 aliphatic heterocycles. The molecule has 0 aliphatic rings. The van der Waals surface area contributed by atoms with E-state index < -0.39 is 0 Å². The molecule has 0 N–H and O–H groups in total. The second-order valence-electron chi connectivity index (χ2n) is 4.27. The van der Waals surface area contributed by atoms with Gasteiger partial charge in [0, 0.05) is 5.56 Å². The van der Waals surface area contributed by atoms with E-state index in [1.54, 1.807) is 6.20 Å². The van der Waals surface area contributed by atoms with Gasteiger partial charge in [-0.25, -0.2) is 0 Å². The average molecular weight is 248 g/mol. The third-order valence-corrected chi connectivity index (χ3v) is 3.04. The molecular formula is C15H12N4. The van der Waals surface area contributed by atoms with E-state index in [-0.39, 0.29) is 0 Å². The van der Waals surface area contributed by atoms with Gasteiger partial charge in [-0.3, -0.25) is 0 Å². The first-order chi connectivity index (χ1) is 9.36. The topological polar surface area (TPSA) is 51.6 Å². The molecule has 0 aliphatic carbocycles. The molecular weight excluding hydrogens is 236 g/mol. The fourth-order valence-corrected chi connectivity index (χ4v) is 2.18. The number of aryl methyl sites for hydroxylation is 1. The fourth-order valence-electron chi connectivity index (χ4n) is 2.18. The Kier molecular flexibility index (Phi) is 2.98. The van der Waals surface area contributed by atoms with Crippen molar-refractivity contribution in [2.75, 3.05) is 0 Å². The molecule has 0 fully saturated rings. The summed E-state index contributed by atoms with van der Waals surface area (Å²) in [5.74, 6) is 0. The van der Waals surface area contributed by atoms with Crippen molar-refractivity contribution in [1.82, 2.24) is 20.6 Å². The molecule has 0 unspecified atom stereocenters. The highest BCUT2D eigenvalue weighted by atomic mass is 15.4. The Hall–Kier alpha value is -2.62. The van der Waals surface area contributed by atoms with E-state index in [4.69, 9.17) is 0 Å². The molecule has 2 aromatic carbocycles. The van der Waals surface area contributed by atoms with Gasteiger partial charge in [0.25, 0.3) is 0 Å². The van der Waals surface area contributed by atoms with Gasteiger partial charge < -0.3 is 0 Å². The molecule has 19 heavy (non-hydrogen) atoms. The number of nitrogens with zero attached hydrogens (tertiary/aromatic N) is 4. The third-order valence-electron chi connectivity index (χ3n) is 3.04. The normalized spacial score (nSPS) is 10.4. The number of aromatic nitrogens is 4. The van der Waals surface area contributed by atoms with Crippen LogP contribution in [0.15, 0.2) is 54.7 Å². The summed E-state index contributed by atoms with van der Waals surface area (Å²) in [6.07, 6.45) is 1.64. The predicted molar refractivity (Wildman–Crippen MR) is 73.2 cm³/mol. The van der Waals surface area contributed by atoms with E-state index in [1.807, 2.05) is 24.3 Å². The lowest BCUT2D eigenvalue weighted by Gasteiger charge is -2.11. The van der Waals surface area contributed by atoms with Gasteiger partial charge in [0.1, 0.15) is 5.69 Å². The van der Waals surface area contributed by atoms with Crippen LogP contribution in [0.25, 0.3) is 22.4 Å². The van der Waals surface area contributed by atoms with Crippen LogP contribution in [0.1, 0.15) is 5.56 Å². The summed E-state index contributed by atoms with van der Waals surface area (Å²) < 4.78 is 0. The number of rotatable bonds is 2. The predicted octanol–water partition coefficient (Wildman–Crippen LogP) is 2.91. The van der Waals surface area contributed by atoms with Crippen molar-refractivity contribution in [3.63, 3.8) is 0 Å². The Morgan fingerprint density at radius 2 is 1.68 bits per heavy atom. The van der Waals surface area contributed by atoms with E-state index in [2.05, 4.69) is 51.8 Å². The van der Waals surface area contributed by atoms with Crippen LogP contribution in [0.5, 0.6) is 0 Å². The molecule has 0 saturated heterocycles. The van der Waals surface area contributed by atoms with Gasteiger partial charge in [-0.15, -0.1) is 10.2 Å². The van der Waals surface area contributed by atoms with Crippen molar-refractivity contribution in [1.29, 1.82) is 0 Å². The molecule has 0 bridgehead atoms. The Balaban J connectivity index is 2.25. The van der Waals surface area contributed by atoms with Crippen molar-refractivity contribution in [3.05, 3.63) is 60.3 Å². The highest BCUT2D eigenvalue weighted by Crippen LogP contribution is 2.32. The highest BCUT2D eigenvalue weighted by Gasteiger charge is 2.11. The highest BCUT2D eigenvalue weighted by molar-refractivity contribution is 5.83. The van der Waals surface area contributed by atoms with E-state index in [0.717, 1.165) is 27.9 Å².